The fraction of sp³-hybridized carbons (Fsp3) is 0.250. The van der Waals surface area contributed by atoms with Crippen molar-refractivity contribution in [2.24, 2.45) is 5.10 Å². The summed E-state index contributed by atoms with van der Waals surface area (Å²) in [6.45, 7) is 1.92. The SMILES string of the molecule is COC(=O)c1ccc([C@@H]2Oc3c(OC)cccc3[C@@H]3CC(c4ccc(C)o4)=NN32)cc1. The van der Waals surface area contributed by atoms with Gasteiger partial charge in [-0.1, -0.05) is 24.3 Å². The molecule has 158 valence electrons. The molecule has 1 aromatic heterocycles. The summed E-state index contributed by atoms with van der Waals surface area (Å²) in [5, 5.41) is 6.84. The Balaban J connectivity index is 1.58. The molecule has 0 saturated carbocycles. The Kier molecular flexibility index (Phi) is 4.66. The van der Waals surface area contributed by atoms with Gasteiger partial charge >= 0.3 is 5.97 Å². The monoisotopic (exact) mass is 418 g/mol. The molecule has 7 nitrogen and oxygen atoms in total. The van der Waals surface area contributed by atoms with Crippen molar-refractivity contribution in [1.29, 1.82) is 0 Å². The van der Waals surface area contributed by atoms with Crippen molar-refractivity contribution in [3.05, 3.63) is 82.8 Å². The molecule has 0 N–H and O–H groups in total. The van der Waals surface area contributed by atoms with Crippen LogP contribution in [-0.4, -0.2) is 30.9 Å². The number of para-hydroxylation sites is 1. The second-order valence-electron chi connectivity index (χ2n) is 7.52. The number of hydrogen-bond acceptors (Lipinski definition) is 7. The summed E-state index contributed by atoms with van der Waals surface area (Å²) in [5.41, 5.74) is 3.24. The van der Waals surface area contributed by atoms with E-state index in [-0.39, 0.29) is 12.0 Å². The van der Waals surface area contributed by atoms with Crippen LogP contribution in [-0.2, 0) is 4.74 Å². The quantitative estimate of drug-likeness (QED) is 0.576. The average molecular weight is 418 g/mol. The first-order valence-corrected chi connectivity index (χ1v) is 10.0. The highest BCUT2D eigenvalue weighted by molar-refractivity contribution is 5.99. The van der Waals surface area contributed by atoms with E-state index in [0.29, 0.717) is 23.5 Å². The zero-order chi connectivity index (χ0) is 21.5. The molecule has 0 fully saturated rings. The lowest BCUT2D eigenvalue weighted by Gasteiger charge is -2.38. The van der Waals surface area contributed by atoms with Gasteiger partial charge in [-0.05, 0) is 37.3 Å². The topological polar surface area (TPSA) is 73.5 Å². The minimum absolute atomic E-state index is 0.0236. The Hall–Kier alpha value is -3.74. The van der Waals surface area contributed by atoms with Crippen molar-refractivity contribution < 1.29 is 23.4 Å². The summed E-state index contributed by atoms with van der Waals surface area (Å²) < 4.78 is 22.6. The molecule has 2 aliphatic rings. The van der Waals surface area contributed by atoms with Crippen LogP contribution in [0.5, 0.6) is 11.5 Å². The van der Waals surface area contributed by atoms with E-state index in [1.165, 1.54) is 7.11 Å². The van der Waals surface area contributed by atoms with Gasteiger partial charge in [0.2, 0.25) is 6.23 Å². The van der Waals surface area contributed by atoms with Crippen molar-refractivity contribution in [2.45, 2.75) is 25.6 Å². The van der Waals surface area contributed by atoms with Crippen molar-refractivity contribution in [3.8, 4) is 11.5 Å². The number of nitrogens with zero attached hydrogens (tertiary/aromatic N) is 2. The summed E-state index contributed by atoms with van der Waals surface area (Å²) >= 11 is 0. The lowest BCUT2D eigenvalue weighted by molar-refractivity contribution is -0.0209. The molecule has 3 aromatic rings. The number of aryl methyl sites for hydroxylation is 1. The zero-order valence-corrected chi connectivity index (χ0v) is 17.5. The maximum absolute atomic E-state index is 11.8. The maximum atomic E-state index is 11.8. The molecule has 0 amide bonds. The molecule has 2 aliphatic heterocycles. The number of hydrazone groups is 1. The maximum Gasteiger partial charge on any atom is 0.337 e. The lowest BCUT2D eigenvalue weighted by atomic mass is 9.97. The third kappa shape index (κ3) is 3.22. The summed E-state index contributed by atoms with van der Waals surface area (Å²) in [6.07, 6.45) is 0.210. The fourth-order valence-electron chi connectivity index (χ4n) is 4.10. The molecule has 0 spiro atoms. The van der Waals surface area contributed by atoms with E-state index in [9.17, 15) is 4.79 Å². The molecule has 5 rings (SSSR count). The number of esters is 1. The second-order valence-corrected chi connectivity index (χ2v) is 7.52. The molecule has 7 heteroatoms. The Morgan fingerprint density at radius 2 is 1.90 bits per heavy atom. The zero-order valence-electron chi connectivity index (χ0n) is 17.5. The number of fused-ring (bicyclic) bond motifs is 3. The van der Waals surface area contributed by atoms with Gasteiger partial charge in [0.25, 0.3) is 0 Å². The van der Waals surface area contributed by atoms with Crippen LogP contribution in [0.15, 0.2) is 64.1 Å². The number of hydrogen-bond donors (Lipinski definition) is 0. The first kappa shape index (κ1) is 19.2. The second kappa shape index (κ2) is 7.50. The van der Waals surface area contributed by atoms with Gasteiger partial charge in [0, 0.05) is 17.5 Å². The lowest BCUT2D eigenvalue weighted by Crippen LogP contribution is -2.33. The Bertz CT molecular complexity index is 1160. The van der Waals surface area contributed by atoms with Gasteiger partial charge < -0.3 is 18.6 Å². The summed E-state index contributed by atoms with van der Waals surface area (Å²) in [4.78, 5) is 11.8. The largest absolute Gasteiger partial charge is 0.493 e. The average Bonchev–Trinajstić information content (AvgIpc) is 3.44. The van der Waals surface area contributed by atoms with E-state index < -0.39 is 6.23 Å². The van der Waals surface area contributed by atoms with E-state index in [1.54, 1.807) is 19.2 Å². The van der Waals surface area contributed by atoms with E-state index in [0.717, 1.165) is 28.4 Å². The molecule has 31 heavy (non-hydrogen) atoms. The number of furan rings is 1. The van der Waals surface area contributed by atoms with Crippen molar-refractivity contribution in [3.63, 3.8) is 0 Å². The van der Waals surface area contributed by atoms with Crippen LogP contribution in [0.1, 0.15) is 51.7 Å². The van der Waals surface area contributed by atoms with Crippen LogP contribution in [0.25, 0.3) is 0 Å². The number of ether oxygens (including phenoxy) is 3. The molecule has 0 saturated heterocycles. The van der Waals surface area contributed by atoms with Gasteiger partial charge in [0.1, 0.15) is 17.2 Å². The minimum Gasteiger partial charge on any atom is -0.493 e. The molecule has 0 bridgehead atoms. The van der Waals surface area contributed by atoms with Gasteiger partial charge in [-0.2, -0.15) is 5.10 Å². The van der Waals surface area contributed by atoms with Gasteiger partial charge in [0.05, 0.1) is 25.8 Å². The number of rotatable bonds is 4. The number of carbonyl (C=O) groups excluding carboxylic acids is 1. The summed E-state index contributed by atoms with van der Waals surface area (Å²) in [7, 11) is 3.00. The highest BCUT2D eigenvalue weighted by Gasteiger charge is 2.42. The molecular weight excluding hydrogens is 396 g/mol. The Morgan fingerprint density at radius 3 is 2.58 bits per heavy atom. The molecule has 2 aromatic carbocycles. The number of carbonyl (C=O) groups is 1. The normalized spacial score (nSPS) is 19.2. The van der Waals surface area contributed by atoms with Crippen LogP contribution in [0.3, 0.4) is 0 Å². The van der Waals surface area contributed by atoms with Crippen LogP contribution in [0.4, 0.5) is 0 Å². The Labute approximate surface area is 179 Å². The molecule has 2 atom stereocenters. The minimum atomic E-state index is -0.478. The molecule has 0 radical (unpaired) electrons. The third-order valence-corrected chi connectivity index (χ3v) is 5.64. The van der Waals surface area contributed by atoms with E-state index >= 15 is 0 Å². The van der Waals surface area contributed by atoms with Crippen molar-refractivity contribution in [2.75, 3.05) is 14.2 Å². The summed E-state index contributed by atoms with van der Waals surface area (Å²) in [6, 6.07) is 16.9. The molecule has 0 unspecified atom stereocenters. The smallest absolute Gasteiger partial charge is 0.337 e. The van der Waals surface area contributed by atoms with E-state index in [1.807, 2.05) is 54.4 Å². The molecule has 0 aliphatic carbocycles. The van der Waals surface area contributed by atoms with E-state index in [2.05, 4.69) is 0 Å². The van der Waals surface area contributed by atoms with Gasteiger partial charge in [0.15, 0.2) is 11.5 Å². The van der Waals surface area contributed by atoms with Crippen molar-refractivity contribution >= 4 is 11.7 Å². The van der Waals surface area contributed by atoms with E-state index in [4.69, 9.17) is 23.7 Å². The highest BCUT2D eigenvalue weighted by atomic mass is 16.5. The van der Waals surface area contributed by atoms with Crippen molar-refractivity contribution in [1.82, 2.24) is 5.01 Å². The predicted molar refractivity (Wildman–Crippen MR) is 113 cm³/mol. The standard InChI is InChI=1S/C24H22N2O5/c1-14-7-12-20(30-14)18-13-19-17-5-4-6-21(28-2)22(17)31-23(26(19)25-18)15-8-10-16(11-9-15)24(27)29-3/h4-12,19,23H,13H2,1-3H3/t19-,23-/m0/s1. The van der Waals surface area contributed by atoms with Gasteiger partial charge in [-0.25, -0.2) is 9.80 Å². The highest BCUT2D eigenvalue weighted by Crippen LogP contribution is 2.50. The first-order valence-electron chi connectivity index (χ1n) is 10.0. The van der Waals surface area contributed by atoms with Crippen LogP contribution in [0, 0.1) is 6.92 Å². The fourth-order valence-corrected chi connectivity index (χ4v) is 4.10. The first-order chi connectivity index (χ1) is 15.1. The number of methoxy groups -OCH3 is 2. The van der Waals surface area contributed by atoms with Crippen LogP contribution >= 0.6 is 0 Å². The number of benzene rings is 2. The summed E-state index contributed by atoms with van der Waals surface area (Å²) in [5.74, 6) is 2.61. The van der Waals surface area contributed by atoms with Gasteiger partial charge in [-0.3, -0.25) is 0 Å². The molecule has 3 heterocycles. The van der Waals surface area contributed by atoms with Gasteiger partial charge in [-0.15, -0.1) is 0 Å². The third-order valence-electron chi connectivity index (χ3n) is 5.64. The van der Waals surface area contributed by atoms with Crippen LogP contribution < -0.4 is 9.47 Å². The van der Waals surface area contributed by atoms with Crippen LogP contribution in [0.2, 0.25) is 0 Å². The molecular formula is C24H22N2O5. The predicted octanol–water partition coefficient (Wildman–Crippen LogP) is 4.63. The Morgan fingerprint density at radius 1 is 1.10 bits per heavy atom.